The molecule has 25 heavy (non-hydrogen) atoms. The summed E-state index contributed by atoms with van der Waals surface area (Å²) in [5.74, 6) is 1.41. The first-order valence-electron chi connectivity index (χ1n) is 8.93. The summed E-state index contributed by atoms with van der Waals surface area (Å²) in [6.45, 7) is 1.58. The van der Waals surface area contributed by atoms with Crippen molar-refractivity contribution in [1.29, 1.82) is 0 Å². The van der Waals surface area contributed by atoms with E-state index in [9.17, 15) is 4.79 Å². The molecule has 0 saturated carbocycles. The number of carbonyl (C=O) groups excluding carboxylic acids is 1. The summed E-state index contributed by atoms with van der Waals surface area (Å²) >= 11 is 0. The van der Waals surface area contributed by atoms with Gasteiger partial charge in [0, 0.05) is 19.1 Å². The molecule has 2 aromatic rings. The summed E-state index contributed by atoms with van der Waals surface area (Å²) in [5.41, 5.74) is 0.630. The molecule has 0 aliphatic carbocycles. The normalized spacial score (nSPS) is 18.0. The zero-order valence-electron chi connectivity index (χ0n) is 15.0. The molecule has 1 heterocycles. The van der Waals surface area contributed by atoms with Crippen LogP contribution in [0.2, 0.25) is 0 Å². The first kappa shape index (κ1) is 17.5. The van der Waals surface area contributed by atoms with E-state index in [-0.39, 0.29) is 5.91 Å². The van der Waals surface area contributed by atoms with Gasteiger partial charge in [-0.05, 0) is 51.2 Å². The fraction of sp³-hybridized carbons (Fsp3) is 0.381. The quantitative estimate of drug-likeness (QED) is 0.843. The fourth-order valence-corrected chi connectivity index (χ4v) is 3.24. The predicted octanol–water partition coefficient (Wildman–Crippen LogP) is 4.04. The lowest BCUT2D eigenvalue weighted by Crippen LogP contribution is -2.42. The number of benzene rings is 2. The molecule has 132 valence electrons. The molecule has 1 atom stereocenters. The van der Waals surface area contributed by atoms with Crippen LogP contribution in [-0.2, 0) is 0 Å². The molecule has 0 radical (unpaired) electrons. The summed E-state index contributed by atoms with van der Waals surface area (Å²) < 4.78 is 5.97. The zero-order chi connectivity index (χ0) is 17.6. The minimum Gasteiger partial charge on any atom is -0.457 e. The molecule has 1 saturated heterocycles. The minimum atomic E-state index is 0.0558. The Morgan fingerprint density at radius 2 is 1.76 bits per heavy atom. The van der Waals surface area contributed by atoms with Crippen LogP contribution in [0.25, 0.3) is 0 Å². The Labute approximate surface area is 150 Å². The van der Waals surface area contributed by atoms with Crippen molar-refractivity contribution in [3.63, 3.8) is 0 Å². The van der Waals surface area contributed by atoms with E-state index in [4.69, 9.17) is 4.74 Å². The first-order valence-corrected chi connectivity index (χ1v) is 8.93. The van der Waals surface area contributed by atoms with Gasteiger partial charge in [0.25, 0.3) is 5.91 Å². The summed E-state index contributed by atoms with van der Waals surface area (Å²) in [5, 5.41) is 0. The standard InChI is InChI=1S/C21H26N2O2/c1-22(2)17-10-8-9-15-23(16-17)21(24)19-13-6-7-14-20(19)25-18-11-4-3-5-12-18/h3-7,11-14,17H,8-10,15-16H2,1-2H3/t17-/m0/s1. The van der Waals surface area contributed by atoms with Crippen LogP contribution >= 0.6 is 0 Å². The van der Waals surface area contributed by atoms with E-state index < -0.39 is 0 Å². The van der Waals surface area contributed by atoms with Gasteiger partial charge in [0.15, 0.2) is 0 Å². The van der Waals surface area contributed by atoms with Crippen LogP contribution in [0.5, 0.6) is 11.5 Å². The number of hydrogen-bond acceptors (Lipinski definition) is 3. The number of likely N-dealkylation sites (tertiary alicyclic amines) is 1. The third kappa shape index (κ3) is 4.40. The number of rotatable bonds is 4. The largest absolute Gasteiger partial charge is 0.457 e. The Kier molecular flexibility index (Phi) is 5.71. The van der Waals surface area contributed by atoms with E-state index in [0.29, 0.717) is 17.4 Å². The second-order valence-corrected chi connectivity index (χ2v) is 6.78. The van der Waals surface area contributed by atoms with Crippen molar-refractivity contribution in [2.45, 2.75) is 25.3 Å². The van der Waals surface area contributed by atoms with E-state index in [1.807, 2.05) is 59.5 Å². The average Bonchev–Trinajstić information content (AvgIpc) is 2.89. The molecule has 2 aromatic carbocycles. The zero-order valence-corrected chi connectivity index (χ0v) is 15.0. The second kappa shape index (κ2) is 8.17. The van der Waals surface area contributed by atoms with Gasteiger partial charge in [-0.3, -0.25) is 4.79 Å². The topological polar surface area (TPSA) is 32.8 Å². The summed E-state index contributed by atoms with van der Waals surface area (Å²) in [6.07, 6.45) is 3.35. The molecular weight excluding hydrogens is 312 g/mol. The van der Waals surface area contributed by atoms with Crippen LogP contribution in [0.4, 0.5) is 0 Å². The molecule has 0 aromatic heterocycles. The Morgan fingerprint density at radius 1 is 1.04 bits per heavy atom. The van der Waals surface area contributed by atoms with Crippen LogP contribution in [-0.4, -0.2) is 48.9 Å². The molecule has 1 aliphatic heterocycles. The lowest BCUT2D eigenvalue weighted by molar-refractivity contribution is 0.0723. The Hall–Kier alpha value is -2.33. The van der Waals surface area contributed by atoms with E-state index in [2.05, 4.69) is 19.0 Å². The smallest absolute Gasteiger partial charge is 0.257 e. The van der Waals surface area contributed by atoms with E-state index in [1.54, 1.807) is 0 Å². The van der Waals surface area contributed by atoms with E-state index in [1.165, 1.54) is 0 Å². The van der Waals surface area contributed by atoms with Gasteiger partial charge in [-0.25, -0.2) is 0 Å². The van der Waals surface area contributed by atoms with Crippen molar-refractivity contribution < 1.29 is 9.53 Å². The molecule has 1 amide bonds. The molecule has 0 N–H and O–H groups in total. The van der Waals surface area contributed by atoms with Crippen LogP contribution in [0.15, 0.2) is 54.6 Å². The van der Waals surface area contributed by atoms with Crippen LogP contribution in [0, 0.1) is 0 Å². The third-order valence-corrected chi connectivity index (χ3v) is 4.75. The number of ether oxygens (including phenoxy) is 1. The average molecular weight is 338 g/mol. The monoisotopic (exact) mass is 338 g/mol. The van der Waals surface area contributed by atoms with Crippen molar-refractivity contribution in [2.24, 2.45) is 0 Å². The fourth-order valence-electron chi connectivity index (χ4n) is 3.24. The molecule has 0 spiro atoms. The van der Waals surface area contributed by atoms with Gasteiger partial charge in [0.05, 0.1) is 5.56 Å². The van der Waals surface area contributed by atoms with Crippen molar-refractivity contribution in [3.05, 3.63) is 60.2 Å². The van der Waals surface area contributed by atoms with Gasteiger partial charge in [-0.1, -0.05) is 36.8 Å². The molecule has 1 aliphatic rings. The molecule has 0 unspecified atom stereocenters. The van der Waals surface area contributed by atoms with Crippen molar-refractivity contribution in [3.8, 4) is 11.5 Å². The number of likely N-dealkylation sites (N-methyl/N-ethyl adjacent to an activating group) is 1. The lowest BCUT2D eigenvalue weighted by atomic mass is 10.1. The van der Waals surface area contributed by atoms with Gasteiger partial charge < -0.3 is 14.5 Å². The maximum atomic E-state index is 13.2. The van der Waals surface area contributed by atoms with Gasteiger partial charge in [0.2, 0.25) is 0 Å². The lowest BCUT2D eigenvalue weighted by Gasteiger charge is -2.29. The second-order valence-electron chi connectivity index (χ2n) is 6.78. The number of hydrogen-bond donors (Lipinski definition) is 0. The molecule has 0 bridgehead atoms. The molecule has 1 fully saturated rings. The maximum absolute atomic E-state index is 13.2. The van der Waals surface area contributed by atoms with Crippen LogP contribution in [0.1, 0.15) is 29.6 Å². The van der Waals surface area contributed by atoms with Gasteiger partial charge in [-0.2, -0.15) is 0 Å². The Bertz CT molecular complexity index is 700. The number of para-hydroxylation sites is 2. The van der Waals surface area contributed by atoms with Gasteiger partial charge in [0.1, 0.15) is 11.5 Å². The van der Waals surface area contributed by atoms with Crippen LogP contribution in [0.3, 0.4) is 0 Å². The minimum absolute atomic E-state index is 0.0558. The Balaban J connectivity index is 1.82. The third-order valence-electron chi connectivity index (χ3n) is 4.75. The van der Waals surface area contributed by atoms with Crippen molar-refractivity contribution >= 4 is 5.91 Å². The highest BCUT2D eigenvalue weighted by Gasteiger charge is 2.25. The molecule has 4 nitrogen and oxygen atoms in total. The van der Waals surface area contributed by atoms with Gasteiger partial charge in [-0.15, -0.1) is 0 Å². The van der Waals surface area contributed by atoms with Crippen LogP contribution < -0.4 is 4.74 Å². The highest BCUT2D eigenvalue weighted by molar-refractivity contribution is 5.97. The summed E-state index contributed by atoms with van der Waals surface area (Å²) in [4.78, 5) is 17.4. The first-order chi connectivity index (χ1) is 12.1. The number of nitrogens with zero attached hydrogens (tertiary/aromatic N) is 2. The molecule has 3 rings (SSSR count). The van der Waals surface area contributed by atoms with E-state index in [0.717, 1.165) is 38.1 Å². The predicted molar refractivity (Wildman–Crippen MR) is 100 cm³/mol. The summed E-state index contributed by atoms with van der Waals surface area (Å²) in [7, 11) is 4.18. The number of carbonyl (C=O) groups is 1. The summed E-state index contributed by atoms with van der Waals surface area (Å²) in [6, 6.07) is 17.5. The van der Waals surface area contributed by atoms with Gasteiger partial charge >= 0.3 is 0 Å². The van der Waals surface area contributed by atoms with Crippen molar-refractivity contribution in [2.75, 3.05) is 27.2 Å². The van der Waals surface area contributed by atoms with E-state index >= 15 is 0 Å². The maximum Gasteiger partial charge on any atom is 0.257 e. The Morgan fingerprint density at radius 3 is 2.52 bits per heavy atom. The highest BCUT2D eigenvalue weighted by atomic mass is 16.5. The number of amides is 1. The van der Waals surface area contributed by atoms with Crippen molar-refractivity contribution in [1.82, 2.24) is 9.80 Å². The highest BCUT2D eigenvalue weighted by Crippen LogP contribution is 2.27. The molecular formula is C21H26N2O2. The molecule has 4 heteroatoms. The SMILES string of the molecule is CN(C)[C@H]1CCCCN(C(=O)c2ccccc2Oc2ccccc2)C1.